The van der Waals surface area contributed by atoms with Crippen LogP contribution in [0.25, 0.3) is 5.57 Å². The highest BCUT2D eigenvalue weighted by molar-refractivity contribution is 5.78. The topological polar surface area (TPSA) is 33.2 Å². The van der Waals surface area contributed by atoms with E-state index in [2.05, 4.69) is 4.98 Å². The summed E-state index contributed by atoms with van der Waals surface area (Å²) in [5.41, 5.74) is 1.17. The second-order valence-corrected chi connectivity index (χ2v) is 4.79. The van der Waals surface area contributed by atoms with Crippen LogP contribution in [0.1, 0.15) is 24.8 Å². The quantitative estimate of drug-likeness (QED) is 0.804. The highest BCUT2D eigenvalue weighted by Gasteiger charge is 2.29. The van der Waals surface area contributed by atoms with Crippen molar-refractivity contribution in [2.24, 2.45) is 0 Å². The molecular weight excluding hydrogens is 288 g/mol. The summed E-state index contributed by atoms with van der Waals surface area (Å²) in [6, 6.07) is 1.54. The molecule has 0 atom stereocenters. The van der Waals surface area contributed by atoms with E-state index in [-0.39, 0.29) is 6.54 Å². The van der Waals surface area contributed by atoms with E-state index in [0.29, 0.717) is 18.5 Å². The average molecular weight is 302 g/mol. The van der Waals surface area contributed by atoms with Gasteiger partial charge in [-0.25, -0.2) is 4.39 Å². The molecule has 0 spiro atoms. The summed E-state index contributed by atoms with van der Waals surface area (Å²) in [4.78, 5) is 16.7. The largest absolute Gasteiger partial charge is 0.389 e. The van der Waals surface area contributed by atoms with Crippen LogP contribution < -0.4 is 0 Å². The normalized spacial score (nSPS) is 15.8. The van der Waals surface area contributed by atoms with Gasteiger partial charge in [0, 0.05) is 31.3 Å². The fourth-order valence-electron chi connectivity index (χ4n) is 2.18. The molecule has 0 aliphatic carbocycles. The highest BCUT2D eigenvalue weighted by atomic mass is 19.4. The molecular formula is C14H14F4N2O. The van der Waals surface area contributed by atoms with Crippen LogP contribution in [-0.4, -0.2) is 35.1 Å². The second kappa shape index (κ2) is 6.24. The Morgan fingerprint density at radius 2 is 2.14 bits per heavy atom. The fraction of sp³-hybridized carbons (Fsp3) is 0.429. The molecule has 7 heteroatoms. The Balaban J connectivity index is 1.96. The monoisotopic (exact) mass is 302 g/mol. The maximum atomic E-state index is 13.6. The lowest BCUT2D eigenvalue weighted by Gasteiger charge is -2.27. The van der Waals surface area contributed by atoms with Crippen molar-refractivity contribution < 1.29 is 22.4 Å². The lowest BCUT2D eigenvalue weighted by molar-refractivity contribution is -0.148. The molecule has 0 aromatic carbocycles. The first kappa shape index (κ1) is 15.5. The van der Waals surface area contributed by atoms with Gasteiger partial charge in [0.25, 0.3) is 0 Å². The molecule has 1 aliphatic rings. The molecule has 0 N–H and O–H groups in total. The smallest absolute Gasteiger partial charge is 0.339 e. The molecule has 1 aliphatic heterocycles. The van der Waals surface area contributed by atoms with Crippen molar-refractivity contribution in [3.05, 3.63) is 35.9 Å². The fourth-order valence-corrected chi connectivity index (χ4v) is 2.18. The number of carbonyl (C=O) groups is 1. The number of aromatic nitrogens is 1. The van der Waals surface area contributed by atoms with Gasteiger partial charge >= 0.3 is 6.18 Å². The summed E-state index contributed by atoms with van der Waals surface area (Å²) in [6.45, 7) is 0.498. The van der Waals surface area contributed by atoms with E-state index in [1.54, 1.807) is 12.1 Å². The highest BCUT2D eigenvalue weighted by Crippen LogP contribution is 2.26. The van der Waals surface area contributed by atoms with Gasteiger partial charge in [0.2, 0.25) is 5.91 Å². The SMILES string of the molecule is O=C(CCC(F)(F)F)N1CC=C(c2ccncc2F)CC1. The van der Waals surface area contributed by atoms with Crippen LogP contribution in [0.4, 0.5) is 17.6 Å². The van der Waals surface area contributed by atoms with Crippen LogP contribution in [0.5, 0.6) is 0 Å². The number of pyridine rings is 1. The summed E-state index contributed by atoms with van der Waals surface area (Å²) < 4.78 is 49.8. The molecule has 0 saturated heterocycles. The lowest BCUT2D eigenvalue weighted by Crippen LogP contribution is -2.35. The van der Waals surface area contributed by atoms with Crippen molar-refractivity contribution in [2.45, 2.75) is 25.4 Å². The van der Waals surface area contributed by atoms with Gasteiger partial charge in [-0.05, 0) is 18.1 Å². The maximum Gasteiger partial charge on any atom is 0.389 e. The van der Waals surface area contributed by atoms with Gasteiger partial charge in [-0.1, -0.05) is 6.08 Å². The number of halogens is 4. The van der Waals surface area contributed by atoms with Crippen LogP contribution in [-0.2, 0) is 4.79 Å². The van der Waals surface area contributed by atoms with Crippen molar-refractivity contribution in [1.82, 2.24) is 9.88 Å². The zero-order valence-electron chi connectivity index (χ0n) is 11.2. The van der Waals surface area contributed by atoms with E-state index in [1.165, 1.54) is 11.1 Å². The van der Waals surface area contributed by atoms with Gasteiger partial charge in [0.1, 0.15) is 5.82 Å². The Bertz CT molecular complexity index is 554. The van der Waals surface area contributed by atoms with E-state index in [4.69, 9.17) is 0 Å². The molecule has 0 bridgehead atoms. The van der Waals surface area contributed by atoms with Gasteiger partial charge in [-0.3, -0.25) is 9.78 Å². The summed E-state index contributed by atoms with van der Waals surface area (Å²) >= 11 is 0. The van der Waals surface area contributed by atoms with E-state index in [9.17, 15) is 22.4 Å². The molecule has 1 aromatic heterocycles. The van der Waals surface area contributed by atoms with Crippen molar-refractivity contribution in [1.29, 1.82) is 0 Å². The number of amides is 1. The first-order valence-corrected chi connectivity index (χ1v) is 6.50. The van der Waals surface area contributed by atoms with E-state index in [1.807, 2.05) is 0 Å². The molecule has 1 amide bonds. The van der Waals surface area contributed by atoms with Crippen LogP contribution >= 0.6 is 0 Å². The molecule has 0 saturated carbocycles. The van der Waals surface area contributed by atoms with Crippen molar-refractivity contribution in [3.8, 4) is 0 Å². The molecule has 3 nitrogen and oxygen atoms in total. The third-order valence-electron chi connectivity index (χ3n) is 3.30. The average Bonchev–Trinajstić information content (AvgIpc) is 2.45. The molecule has 2 rings (SSSR count). The Labute approximate surface area is 119 Å². The number of alkyl halides is 3. The minimum atomic E-state index is -4.33. The van der Waals surface area contributed by atoms with Crippen molar-refractivity contribution >= 4 is 11.5 Å². The third kappa shape index (κ3) is 4.27. The van der Waals surface area contributed by atoms with Gasteiger partial charge in [0.05, 0.1) is 12.6 Å². The van der Waals surface area contributed by atoms with E-state index < -0.39 is 30.7 Å². The predicted molar refractivity (Wildman–Crippen MR) is 68.7 cm³/mol. The summed E-state index contributed by atoms with van der Waals surface area (Å²) in [7, 11) is 0. The Kier molecular flexibility index (Phi) is 4.59. The first-order chi connectivity index (χ1) is 9.87. The van der Waals surface area contributed by atoms with Gasteiger partial charge < -0.3 is 4.90 Å². The first-order valence-electron chi connectivity index (χ1n) is 6.50. The molecule has 2 heterocycles. The summed E-state index contributed by atoms with van der Waals surface area (Å²) in [6.07, 6.45) is -1.32. The van der Waals surface area contributed by atoms with E-state index >= 15 is 0 Å². The molecule has 114 valence electrons. The molecule has 0 unspecified atom stereocenters. The van der Waals surface area contributed by atoms with Crippen LogP contribution in [0, 0.1) is 5.82 Å². The second-order valence-electron chi connectivity index (χ2n) is 4.79. The van der Waals surface area contributed by atoms with Crippen molar-refractivity contribution in [2.75, 3.05) is 13.1 Å². The number of carbonyl (C=O) groups excluding carboxylic acids is 1. The van der Waals surface area contributed by atoms with Crippen LogP contribution in [0.15, 0.2) is 24.5 Å². The van der Waals surface area contributed by atoms with E-state index in [0.717, 1.165) is 11.8 Å². The lowest BCUT2D eigenvalue weighted by atomic mass is 10.00. The minimum absolute atomic E-state index is 0.202. The van der Waals surface area contributed by atoms with Gasteiger partial charge in [-0.15, -0.1) is 0 Å². The van der Waals surface area contributed by atoms with Crippen LogP contribution in [0.3, 0.4) is 0 Å². The number of rotatable bonds is 3. The summed E-state index contributed by atoms with van der Waals surface area (Å²) in [5.74, 6) is -0.974. The zero-order chi connectivity index (χ0) is 15.5. The molecule has 1 aromatic rings. The Morgan fingerprint density at radius 1 is 1.38 bits per heavy atom. The number of hydrogen-bond donors (Lipinski definition) is 0. The van der Waals surface area contributed by atoms with Gasteiger partial charge in [0.15, 0.2) is 0 Å². The Hall–Kier alpha value is -1.92. The third-order valence-corrected chi connectivity index (χ3v) is 3.30. The minimum Gasteiger partial charge on any atom is -0.339 e. The Morgan fingerprint density at radius 3 is 2.71 bits per heavy atom. The molecule has 21 heavy (non-hydrogen) atoms. The molecule has 0 radical (unpaired) electrons. The zero-order valence-corrected chi connectivity index (χ0v) is 11.2. The predicted octanol–water partition coefficient (Wildman–Crippen LogP) is 3.18. The number of hydrogen-bond acceptors (Lipinski definition) is 2. The molecule has 0 fully saturated rings. The summed E-state index contributed by atoms with van der Waals surface area (Å²) in [5, 5.41) is 0. The van der Waals surface area contributed by atoms with Gasteiger partial charge in [-0.2, -0.15) is 13.2 Å². The standard InChI is InChI=1S/C14H14F4N2O/c15-12-9-19-6-2-11(12)10-3-7-20(8-4-10)13(21)1-5-14(16,17)18/h2-3,6,9H,1,4-5,7-8H2. The van der Waals surface area contributed by atoms with Crippen molar-refractivity contribution in [3.63, 3.8) is 0 Å². The number of nitrogens with zero attached hydrogens (tertiary/aromatic N) is 2. The van der Waals surface area contributed by atoms with Crippen LogP contribution in [0.2, 0.25) is 0 Å². The maximum absolute atomic E-state index is 13.6.